The van der Waals surface area contributed by atoms with Gasteiger partial charge in [0, 0.05) is 29.8 Å². The van der Waals surface area contributed by atoms with Crippen molar-refractivity contribution in [1.82, 2.24) is 4.90 Å². The Labute approximate surface area is 124 Å². The van der Waals surface area contributed by atoms with Crippen molar-refractivity contribution >= 4 is 29.0 Å². The summed E-state index contributed by atoms with van der Waals surface area (Å²) in [6, 6.07) is 5.11. The summed E-state index contributed by atoms with van der Waals surface area (Å²) in [7, 11) is 0. The van der Waals surface area contributed by atoms with Crippen molar-refractivity contribution in [2.45, 2.75) is 26.3 Å². The van der Waals surface area contributed by atoms with Crippen molar-refractivity contribution in [1.29, 1.82) is 0 Å². The lowest BCUT2D eigenvalue weighted by atomic mass is 10.1. The molecule has 1 aromatic rings. The van der Waals surface area contributed by atoms with Crippen LogP contribution in [0.5, 0.6) is 0 Å². The summed E-state index contributed by atoms with van der Waals surface area (Å²) >= 11 is 11.9. The normalized spacial score (nSPS) is 11.3. The number of aliphatic hydroxyl groups is 1. The Morgan fingerprint density at radius 3 is 2.63 bits per heavy atom. The summed E-state index contributed by atoms with van der Waals surface area (Å²) in [5.41, 5.74) is 0.448. The van der Waals surface area contributed by atoms with Gasteiger partial charge in [-0.2, -0.15) is 0 Å². The second kappa shape index (κ2) is 7.85. The van der Waals surface area contributed by atoms with Gasteiger partial charge in [0.1, 0.15) is 0 Å². The summed E-state index contributed by atoms with van der Waals surface area (Å²) in [6.45, 7) is 5.11. The molecule has 5 heteroatoms. The third-order valence-corrected chi connectivity index (χ3v) is 3.47. The van der Waals surface area contributed by atoms with Crippen LogP contribution in [0, 0.1) is 0 Å². The molecule has 0 saturated heterocycles. The van der Waals surface area contributed by atoms with Crippen LogP contribution in [0.3, 0.4) is 0 Å². The van der Waals surface area contributed by atoms with Crippen LogP contribution in [0.25, 0.3) is 0 Å². The lowest BCUT2D eigenvalue weighted by Crippen LogP contribution is -2.36. The first-order valence-electron chi connectivity index (χ1n) is 6.29. The minimum atomic E-state index is -0.0564. The van der Waals surface area contributed by atoms with Crippen LogP contribution in [-0.2, 0) is 0 Å². The number of carbonyl (C=O) groups excluding carboxylic acids is 1. The van der Waals surface area contributed by atoms with Crippen LogP contribution in [0.4, 0.5) is 0 Å². The number of halogens is 2. The van der Waals surface area contributed by atoms with Crippen LogP contribution in [0.1, 0.15) is 30.6 Å². The first-order valence-corrected chi connectivity index (χ1v) is 7.04. The van der Waals surface area contributed by atoms with Crippen molar-refractivity contribution in [2.75, 3.05) is 19.7 Å². The highest BCUT2D eigenvalue weighted by Crippen LogP contribution is 2.21. The first kappa shape index (κ1) is 16.4. The van der Waals surface area contributed by atoms with Gasteiger partial charge in [-0.25, -0.2) is 0 Å². The fourth-order valence-electron chi connectivity index (χ4n) is 1.77. The van der Waals surface area contributed by atoms with Gasteiger partial charge in [-0.3, -0.25) is 9.69 Å². The van der Waals surface area contributed by atoms with E-state index in [9.17, 15) is 4.79 Å². The van der Waals surface area contributed by atoms with Crippen molar-refractivity contribution < 1.29 is 9.90 Å². The number of benzene rings is 1. The smallest absolute Gasteiger partial charge is 0.178 e. The van der Waals surface area contributed by atoms with E-state index in [4.69, 9.17) is 28.3 Å². The Kier molecular flexibility index (Phi) is 6.80. The van der Waals surface area contributed by atoms with Gasteiger partial charge >= 0.3 is 0 Å². The van der Waals surface area contributed by atoms with E-state index in [0.717, 1.165) is 0 Å². The van der Waals surface area contributed by atoms with Gasteiger partial charge < -0.3 is 5.11 Å². The van der Waals surface area contributed by atoms with E-state index >= 15 is 0 Å². The van der Waals surface area contributed by atoms with Gasteiger partial charge in [0.2, 0.25) is 0 Å². The number of ketones is 1. The molecule has 0 aliphatic heterocycles. The second-order valence-corrected chi connectivity index (χ2v) is 5.53. The Morgan fingerprint density at radius 2 is 2.05 bits per heavy atom. The maximum absolute atomic E-state index is 12.2. The molecule has 1 aromatic carbocycles. The van der Waals surface area contributed by atoms with Gasteiger partial charge in [-0.15, -0.1) is 0 Å². The van der Waals surface area contributed by atoms with Crippen LogP contribution >= 0.6 is 23.2 Å². The van der Waals surface area contributed by atoms with E-state index in [2.05, 4.69) is 0 Å². The van der Waals surface area contributed by atoms with E-state index in [0.29, 0.717) is 28.6 Å². The lowest BCUT2D eigenvalue weighted by molar-refractivity contribution is 0.0897. The Morgan fingerprint density at radius 1 is 1.37 bits per heavy atom. The van der Waals surface area contributed by atoms with Crippen LogP contribution in [0.2, 0.25) is 10.0 Å². The van der Waals surface area contributed by atoms with E-state index in [1.54, 1.807) is 18.2 Å². The highest BCUT2D eigenvalue weighted by molar-refractivity contribution is 6.36. The summed E-state index contributed by atoms with van der Waals surface area (Å²) in [5, 5.41) is 9.79. The van der Waals surface area contributed by atoms with Gasteiger partial charge in [0.05, 0.1) is 11.6 Å². The number of hydrogen-bond acceptors (Lipinski definition) is 3. The number of carbonyl (C=O) groups is 1. The lowest BCUT2D eigenvalue weighted by Gasteiger charge is -2.25. The summed E-state index contributed by atoms with van der Waals surface area (Å²) in [5.74, 6) is -0.0564. The Hall–Kier alpha value is -0.610. The Balaban J connectivity index is 2.78. The van der Waals surface area contributed by atoms with Gasteiger partial charge in [-0.1, -0.05) is 23.2 Å². The van der Waals surface area contributed by atoms with E-state index < -0.39 is 0 Å². The molecule has 0 aliphatic rings. The average molecular weight is 304 g/mol. The summed E-state index contributed by atoms with van der Waals surface area (Å²) < 4.78 is 0. The maximum atomic E-state index is 12.2. The molecule has 0 atom stereocenters. The highest BCUT2D eigenvalue weighted by atomic mass is 35.5. The van der Waals surface area contributed by atoms with Gasteiger partial charge in [0.25, 0.3) is 0 Å². The molecule has 0 aromatic heterocycles. The van der Waals surface area contributed by atoms with Crippen molar-refractivity contribution in [3.05, 3.63) is 33.8 Å². The van der Waals surface area contributed by atoms with Gasteiger partial charge in [-0.05, 0) is 38.5 Å². The average Bonchev–Trinajstić information content (AvgIpc) is 2.36. The first-order chi connectivity index (χ1) is 8.95. The monoisotopic (exact) mass is 303 g/mol. The van der Waals surface area contributed by atoms with Crippen molar-refractivity contribution in [3.8, 4) is 0 Å². The predicted octanol–water partition coefficient (Wildman–Crippen LogP) is 3.27. The molecule has 0 unspecified atom stereocenters. The molecule has 0 fully saturated rings. The topological polar surface area (TPSA) is 40.5 Å². The molecular weight excluding hydrogens is 285 g/mol. The molecule has 0 saturated carbocycles. The molecule has 0 heterocycles. The van der Waals surface area contributed by atoms with E-state index in [1.165, 1.54) is 0 Å². The third kappa shape index (κ3) is 5.11. The number of rotatable bonds is 7. The zero-order valence-corrected chi connectivity index (χ0v) is 12.7. The molecule has 3 nitrogen and oxygen atoms in total. The van der Waals surface area contributed by atoms with Crippen molar-refractivity contribution in [2.24, 2.45) is 0 Å². The number of Topliss-reactive ketones (excluding diaryl/α,β-unsaturated/α-hetero) is 1. The van der Waals surface area contributed by atoms with Crippen LogP contribution < -0.4 is 0 Å². The molecule has 1 N–H and O–H groups in total. The molecule has 0 aliphatic carbocycles. The van der Waals surface area contributed by atoms with Gasteiger partial charge in [0.15, 0.2) is 5.78 Å². The molecule has 0 bridgehead atoms. The summed E-state index contributed by atoms with van der Waals surface area (Å²) in [6.07, 6.45) is 0.648. The Bertz CT molecular complexity index is 435. The molecule has 0 amide bonds. The fourth-order valence-corrected chi connectivity index (χ4v) is 2.17. The number of nitrogens with zero attached hydrogens (tertiary/aromatic N) is 1. The molecule has 106 valence electrons. The third-order valence-electron chi connectivity index (χ3n) is 2.91. The zero-order chi connectivity index (χ0) is 14.4. The second-order valence-electron chi connectivity index (χ2n) is 4.69. The quantitative estimate of drug-likeness (QED) is 0.786. The van der Waals surface area contributed by atoms with E-state index in [-0.39, 0.29) is 25.0 Å². The SMILES string of the molecule is CC(C)N(CCCO)CC(=O)c1cc(Cl)ccc1Cl. The number of hydrogen-bond donors (Lipinski definition) is 1. The molecule has 0 spiro atoms. The van der Waals surface area contributed by atoms with Crippen LogP contribution in [0.15, 0.2) is 18.2 Å². The number of aliphatic hydroxyl groups excluding tert-OH is 1. The molecule has 1 rings (SSSR count). The standard InChI is InChI=1S/C14H19Cl2NO2/c1-10(2)17(6-3-7-18)9-14(19)12-8-11(15)4-5-13(12)16/h4-5,8,10,18H,3,6-7,9H2,1-2H3. The van der Waals surface area contributed by atoms with E-state index in [1.807, 2.05) is 18.7 Å². The zero-order valence-electron chi connectivity index (χ0n) is 11.2. The molecule has 0 radical (unpaired) electrons. The minimum absolute atomic E-state index is 0.0564. The molecular formula is C14H19Cl2NO2. The predicted molar refractivity (Wildman–Crippen MR) is 79.2 cm³/mol. The van der Waals surface area contributed by atoms with Crippen molar-refractivity contribution in [3.63, 3.8) is 0 Å². The molecule has 19 heavy (non-hydrogen) atoms. The maximum Gasteiger partial charge on any atom is 0.178 e. The summed E-state index contributed by atoms with van der Waals surface area (Å²) in [4.78, 5) is 14.3. The fraction of sp³-hybridized carbons (Fsp3) is 0.500. The largest absolute Gasteiger partial charge is 0.396 e. The minimum Gasteiger partial charge on any atom is -0.396 e. The van der Waals surface area contributed by atoms with Crippen LogP contribution in [-0.4, -0.2) is 41.5 Å². The highest BCUT2D eigenvalue weighted by Gasteiger charge is 2.17.